The average Bonchev–Trinajstić information content (AvgIpc) is 3.43. The third-order valence-corrected chi connectivity index (χ3v) is 6.32. The van der Waals surface area contributed by atoms with Gasteiger partial charge in [0.05, 0.1) is 11.5 Å². The van der Waals surface area contributed by atoms with Gasteiger partial charge in [0.1, 0.15) is 6.10 Å². The van der Waals surface area contributed by atoms with Crippen LogP contribution in [0.5, 0.6) is 0 Å². The molecule has 0 spiro atoms. The molecule has 2 aromatic heterocycles. The Morgan fingerprint density at radius 2 is 1.74 bits per heavy atom. The Balaban J connectivity index is 1.77. The predicted octanol–water partition coefficient (Wildman–Crippen LogP) is 5.14. The highest BCUT2D eigenvalue weighted by atomic mass is 32.1. The molecule has 0 aliphatic carbocycles. The quantitative estimate of drug-likeness (QED) is 0.538. The molecule has 6 heteroatoms. The van der Waals surface area contributed by atoms with Gasteiger partial charge in [-0.3, -0.25) is 0 Å². The van der Waals surface area contributed by atoms with Crippen molar-refractivity contribution in [1.29, 1.82) is 0 Å². The van der Waals surface area contributed by atoms with Crippen LogP contribution in [0.4, 0.5) is 0 Å². The first kappa shape index (κ1) is 18.4. The molecular formula is C21H20O4S2. The van der Waals surface area contributed by atoms with Gasteiger partial charge < -0.3 is 14.2 Å². The summed E-state index contributed by atoms with van der Waals surface area (Å²) in [6.07, 6.45) is -0.731. The lowest BCUT2D eigenvalue weighted by atomic mass is 9.88. The summed E-state index contributed by atoms with van der Waals surface area (Å²) in [4.78, 5) is 15.1. The highest BCUT2D eigenvalue weighted by Gasteiger charge is 2.58. The Hall–Kier alpha value is -1.99. The minimum atomic E-state index is -1.23. The lowest BCUT2D eigenvalue weighted by Crippen LogP contribution is -2.46. The SMILES string of the molecule is CCOC(=O)[C@]1(Cc2ccccc2)O[C@H](c2cccs2)O[C@H]1c1cccs1. The minimum Gasteiger partial charge on any atom is -0.464 e. The molecular weight excluding hydrogens is 380 g/mol. The first-order valence-electron chi connectivity index (χ1n) is 8.84. The van der Waals surface area contributed by atoms with Gasteiger partial charge in [-0.1, -0.05) is 42.5 Å². The van der Waals surface area contributed by atoms with E-state index in [1.165, 1.54) is 0 Å². The highest BCUT2D eigenvalue weighted by molar-refractivity contribution is 7.10. The zero-order valence-electron chi connectivity index (χ0n) is 14.9. The molecule has 0 amide bonds. The van der Waals surface area contributed by atoms with Gasteiger partial charge in [0.15, 0.2) is 6.29 Å². The molecule has 1 aliphatic rings. The Kier molecular flexibility index (Phi) is 5.41. The van der Waals surface area contributed by atoms with Crippen LogP contribution in [-0.4, -0.2) is 18.2 Å². The van der Waals surface area contributed by atoms with Gasteiger partial charge in [0.25, 0.3) is 0 Å². The monoisotopic (exact) mass is 400 g/mol. The summed E-state index contributed by atoms with van der Waals surface area (Å²) in [6.45, 7) is 2.10. The number of carbonyl (C=O) groups excluding carboxylic acids is 1. The molecule has 0 N–H and O–H groups in total. The van der Waals surface area contributed by atoms with E-state index >= 15 is 0 Å². The van der Waals surface area contributed by atoms with Crippen LogP contribution in [0.3, 0.4) is 0 Å². The summed E-state index contributed by atoms with van der Waals surface area (Å²) < 4.78 is 18.1. The Bertz CT molecular complexity index is 861. The molecule has 27 heavy (non-hydrogen) atoms. The zero-order valence-corrected chi connectivity index (χ0v) is 16.5. The van der Waals surface area contributed by atoms with Crippen molar-refractivity contribution >= 4 is 28.6 Å². The standard InChI is InChI=1S/C21H20O4S2/c1-2-23-20(22)21(14-15-8-4-3-5-9-15)18(16-10-6-12-26-16)24-19(25-21)17-11-7-13-27-17/h3-13,18-19H,2,14H2,1H3/t18-,19+,21+/m0/s1. The summed E-state index contributed by atoms with van der Waals surface area (Å²) in [7, 11) is 0. The molecule has 3 heterocycles. The van der Waals surface area contributed by atoms with Crippen molar-refractivity contribution in [3.05, 3.63) is 80.7 Å². The van der Waals surface area contributed by atoms with E-state index < -0.39 is 18.0 Å². The third kappa shape index (κ3) is 3.58. The third-order valence-electron chi connectivity index (χ3n) is 4.51. The van der Waals surface area contributed by atoms with Gasteiger partial charge >= 0.3 is 5.97 Å². The van der Waals surface area contributed by atoms with Gasteiger partial charge in [-0.25, -0.2) is 4.79 Å². The summed E-state index contributed by atoms with van der Waals surface area (Å²) in [6, 6.07) is 17.7. The largest absolute Gasteiger partial charge is 0.464 e. The van der Waals surface area contributed by atoms with E-state index in [0.29, 0.717) is 13.0 Å². The van der Waals surface area contributed by atoms with Crippen LogP contribution in [0.25, 0.3) is 0 Å². The lowest BCUT2D eigenvalue weighted by molar-refractivity contribution is -0.173. The number of esters is 1. The van der Waals surface area contributed by atoms with Crippen molar-refractivity contribution in [2.75, 3.05) is 6.61 Å². The molecule has 0 bridgehead atoms. The topological polar surface area (TPSA) is 44.8 Å². The van der Waals surface area contributed by atoms with Gasteiger partial charge in [0, 0.05) is 11.3 Å². The molecule has 140 valence electrons. The molecule has 0 saturated carbocycles. The van der Waals surface area contributed by atoms with Crippen LogP contribution in [0.2, 0.25) is 0 Å². The molecule has 3 atom stereocenters. The van der Waals surface area contributed by atoms with Gasteiger partial charge in [-0.15, -0.1) is 22.7 Å². The van der Waals surface area contributed by atoms with Crippen LogP contribution < -0.4 is 0 Å². The van der Waals surface area contributed by atoms with Crippen LogP contribution in [0.15, 0.2) is 65.4 Å². The molecule has 4 nitrogen and oxygen atoms in total. The van der Waals surface area contributed by atoms with Crippen LogP contribution in [0, 0.1) is 0 Å². The normalized spacial score (nSPS) is 24.8. The number of rotatable bonds is 6. The van der Waals surface area contributed by atoms with Crippen molar-refractivity contribution in [3.8, 4) is 0 Å². The molecule has 1 saturated heterocycles. The average molecular weight is 401 g/mol. The van der Waals surface area contributed by atoms with E-state index in [2.05, 4.69) is 0 Å². The summed E-state index contributed by atoms with van der Waals surface area (Å²) in [5.74, 6) is -0.383. The Labute approximate surface area is 166 Å². The first-order valence-corrected chi connectivity index (χ1v) is 10.6. The molecule has 3 aromatic rings. The maximum atomic E-state index is 13.2. The van der Waals surface area contributed by atoms with E-state index in [-0.39, 0.29) is 5.97 Å². The van der Waals surface area contributed by atoms with Gasteiger partial charge in [0.2, 0.25) is 5.60 Å². The van der Waals surface area contributed by atoms with E-state index in [4.69, 9.17) is 14.2 Å². The molecule has 4 rings (SSSR count). The van der Waals surface area contributed by atoms with E-state index in [9.17, 15) is 4.79 Å². The number of ether oxygens (including phenoxy) is 3. The second-order valence-corrected chi connectivity index (χ2v) is 8.23. The lowest BCUT2D eigenvalue weighted by Gasteiger charge is -2.30. The maximum Gasteiger partial charge on any atom is 0.342 e. The van der Waals surface area contributed by atoms with Crippen LogP contribution in [0.1, 0.15) is 34.6 Å². The fourth-order valence-corrected chi connectivity index (χ4v) is 4.84. The summed E-state index contributed by atoms with van der Waals surface area (Å²) in [5, 5.41) is 3.96. The van der Waals surface area contributed by atoms with Crippen molar-refractivity contribution in [2.45, 2.75) is 31.3 Å². The fourth-order valence-electron chi connectivity index (χ4n) is 3.32. The number of thiophene rings is 2. The Morgan fingerprint density at radius 1 is 1.04 bits per heavy atom. The van der Waals surface area contributed by atoms with Crippen molar-refractivity contribution in [1.82, 2.24) is 0 Å². The van der Waals surface area contributed by atoms with Crippen LogP contribution in [-0.2, 0) is 25.4 Å². The molecule has 1 fully saturated rings. The van der Waals surface area contributed by atoms with E-state index in [1.807, 2.05) is 65.4 Å². The van der Waals surface area contributed by atoms with Gasteiger partial charge in [-0.05, 0) is 35.4 Å². The zero-order chi connectivity index (χ0) is 18.7. The van der Waals surface area contributed by atoms with Crippen molar-refractivity contribution in [3.63, 3.8) is 0 Å². The second-order valence-electron chi connectivity index (χ2n) is 6.27. The second kappa shape index (κ2) is 7.94. The maximum absolute atomic E-state index is 13.2. The molecule has 0 unspecified atom stereocenters. The molecule has 0 radical (unpaired) electrons. The summed E-state index contributed by atoms with van der Waals surface area (Å²) in [5.41, 5.74) is -0.223. The number of hydrogen-bond acceptors (Lipinski definition) is 6. The Morgan fingerprint density at radius 3 is 2.37 bits per heavy atom. The summed E-state index contributed by atoms with van der Waals surface area (Å²) >= 11 is 3.11. The van der Waals surface area contributed by atoms with E-state index in [0.717, 1.165) is 15.3 Å². The highest BCUT2D eigenvalue weighted by Crippen LogP contribution is 2.50. The van der Waals surface area contributed by atoms with Gasteiger partial charge in [-0.2, -0.15) is 0 Å². The predicted molar refractivity (Wildman–Crippen MR) is 106 cm³/mol. The smallest absolute Gasteiger partial charge is 0.342 e. The van der Waals surface area contributed by atoms with Crippen LogP contribution >= 0.6 is 22.7 Å². The number of benzene rings is 1. The molecule has 1 aliphatic heterocycles. The minimum absolute atomic E-state index is 0.291. The van der Waals surface area contributed by atoms with Crippen molar-refractivity contribution < 1.29 is 19.0 Å². The first-order chi connectivity index (χ1) is 13.2. The van der Waals surface area contributed by atoms with E-state index in [1.54, 1.807) is 29.6 Å². The number of carbonyl (C=O) groups is 1. The fraction of sp³-hybridized carbons (Fsp3) is 0.286. The number of hydrogen-bond donors (Lipinski definition) is 0. The molecule has 1 aromatic carbocycles. The van der Waals surface area contributed by atoms with Crippen molar-refractivity contribution in [2.24, 2.45) is 0 Å².